The SMILES string of the molecule is COc1ccc(NC(=O)CCN(Cc2ccccc2F)C(C)=O)cc1. The summed E-state index contributed by atoms with van der Waals surface area (Å²) in [4.78, 5) is 25.3. The van der Waals surface area contributed by atoms with Crippen molar-refractivity contribution in [3.8, 4) is 5.75 Å². The zero-order chi connectivity index (χ0) is 18.2. The fourth-order valence-electron chi connectivity index (χ4n) is 2.31. The van der Waals surface area contributed by atoms with E-state index in [9.17, 15) is 14.0 Å². The molecule has 5 nitrogen and oxygen atoms in total. The quantitative estimate of drug-likeness (QED) is 0.839. The summed E-state index contributed by atoms with van der Waals surface area (Å²) in [6.07, 6.45) is 0.125. The van der Waals surface area contributed by atoms with Crippen molar-refractivity contribution in [2.24, 2.45) is 0 Å². The summed E-state index contributed by atoms with van der Waals surface area (Å²) in [6.45, 7) is 1.76. The average molecular weight is 344 g/mol. The lowest BCUT2D eigenvalue weighted by Crippen LogP contribution is -2.31. The van der Waals surface area contributed by atoms with Crippen molar-refractivity contribution in [2.45, 2.75) is 19.9 Å². The standard InChI is InChI=1S/C19H21FN2O3/c1-14(23)22(13-15-5-3-4-6-18(15)20)12-11-19(24)21-16-7-9-17(25-2)10-8-16/h3-10H,11-13H2,1-2H3,(H,21,24). The van der Waals surface area contributed by atoms with E-state index < -0.39 is 0 Å². The Morgan fingerprint density at radius 2 is 1.80 bits per heavy atom. The number of carbonyl (C=O) groups excluding carboxylic acids is 2. The van der Waals surface area contributed by atoms with Gasteiger partial charge in [-0.15, -0.1) is 0 Å². The number of rotatable bonds is 7. The molecule has 0 radical (unpaired) electrons. The monoisotopic (exact) mass is 344 g/mol. The number of benzene rings is 2. The molecular formula is C19H21FN2O3. The van der Waals surface area contributed by atoms with E-state index in [1.165, 1.54) is 17.9 Å². The summed E-state index contributed by atoms with van der Waals surface area (Å²) in [6, 6.07) is 13.3. The molecule has 6 heteroatoms. The molecule has 132 valence electrons. The highest BCUT2D eigenvalue weighted by Crippen LogP contribution is 2.15. The van der Waals surface area contributed by atoms with E-state index in [-0.39, 0.29) is 37.1 Å². The lowest BCUT2D eigenvalue weighted by molar-refractivity contribution is -0.130. The van der Waals surface area contributed by atoms with E-state index in [0.717, 1.165) is 0 Å². The number of carbonyl (C=O) groups is 2. The highest BCUT2D eigenvalue weighted by Gasteiger charge is 2.14. The second-order valence-corrected chi connectivity index (χ2v) is 5.56. The highest BCUT2D eigenvalue weighted by atomic mass is 19.1. The number of methoxy groups -OCH3 is 1. The molecule has 2 amide bonds. The molecule has 0 aliphatic heterocycles. The van der Waals surface area contributed by atoms with E-state index in [2.05, 4.69) is 5.32 Å². The molecule has 0 aliphatic carbocycles. The molecule has 0 saturated carbocycles. The van der Waals surface area contributed by atoms with Crippen molar-refractivity contribution >= 4 is 17.5 Å². The Bertz CT molecular complexity index is 732. The van der Waals surface area contributed by atoms with Crippen LogP contribution in [0.2, 0.25) is 0 Å². The molecule has 25 heavy (non-hydrogen) atoms. The van der Waals surface area contributed by atoms with Crippen LogP contribution >= 0.6 is 0 Å². The van der Waals surface area contributed by atoms with Crippen LogP contribution in [0.4, 0.5) is 10.1 Å². The molecule has 0 saturated heterocycles. The van der Waals surface area contributed by atoms with Crippen LogP contribution in [0.3, 0.4) is 0 Å². The molecule has 0 bridgehead atoms. The summed E-state index contributed by atoms with van der Waals surface area (Å²) in [7, 11) is 1.57. The molecule has 2 rings (SSSR count). The maximum absolute atomic E-state index is 13.7. The third-order valence-corrected chi connectivity index (χ3v) is 3.75. The molecule has 2 aromatic rings. The molecule has 0 fully saturated rings. The Hall–Kier alpha value is -2.89. The number of hydrogen-bond donors (Lipinski definition) is 1. The largest absolute Gasteiger partial charge is 0.497 e. The average Bonchev–Trinajstić information content (AvgIpc) is 2.60. The molecule has 0 heterocycles. The molecule has 1 N–H and O–H groups in total. The fraction of sp³-hybridized carbons (Fsp3) is 0.263. The van der Waals surface area contributed by atoms with Crippen LogP contribution in [0.15, 0.2) is 48.5 Å². The van der Waals surface area contributed by atoms with E-state index >= 15 is 0 Å². The van der Waals surface area contributed by atoms with Gasteiger partial charge >= 0.3 is 0 Å². The molecule has 2 aromatic carbocycles. The summed E-state index contributed by atoms with van der Waals surface area (Å²) in [5, 5.41) is 2.76. The minimum absolute atomic E-state index is 0.125. The number of amides is 2. The van der Waals surface area contributed by atoms with Crippen molar-refractivity contribution in [2.75, 3.05) is 19.0 Å². The highest BCUT2D eigenvalue weighted by molar-refractivity contribution is 5.91. The Morgan fingerprint density at radius 3 is 2.40 bits per heavy atom. The van der Waals surface area contributed by atoms with Gasteiger partial charge in [0.1, 0.15) is 11.6 Å². The Kier molecular flexibility index (Phi) is 6.51. The zero-order valence-electron chi connectivity index (χ0n) is 14.3. The predicted molar refractivity (Wildman–Crippen MR) is 93.7 cm³/mol. The van der Waals surface area contributed by atoms with E-state index in [4.69, 9.17) is 4.74 Å². The van der Waals surface area contributed by atoms with Gasteiger partial charge in [-0.05, 0) is 30.3 Å². The smallest absolute Gasteiger partial charge is 0.226 e. The Morgan fingerprint density at radius 1 is 1.12 bits per heavy atom. The van der Waals surface area contributed by atoms with Gasteiger partial charge in [-0.2, -0.15) is 0 Å². The van der Waals surface area contributed by atoms with Crippen LogP contribution in [0.5, 0.6) is 5.75 Å². The predicted octanol–water partition coefficient (Wildman–Crippen LogP) is 3.21. The van der Waals surface area contributed by atoms with Crippen LogP contribution in [0.1, 0.15) is 18.9 Å². The Labute approximate surface area is 146 Å². The lowest BCUT2D eigenvalue weighted by atomic mass is 10.2. The molecule has 0 aliphatic rings. The first kappa shape index (κ1) is 18.4. The van der Waals surface area contributed by atoms with Gasteiger partial charge in [0.15, 0.2) is 0 Å². The fourth-order valence-corrected chi connectivity index (χ4v) is 2.31. The number of anilines is 1. The van der Waals surface area contributed by atoms with E-state index in [1.807, 2.05) is 0 Å². The Balaban J connectivity index is 1.90. The van der Waals surface area contributed by atoms with Crippen LogP contribution in [-0.4, -0.2) is 30.4 Å². The van der Waals surface area contributed by atoms with Gasteiger partial charge in [0.05, 0.1) is 7.11 Å². The van der Waals surface area contributed by atoms with Gasteiger partial charge in [0.2, 0.25) is 11.8 Å². The summed E-state index contributed by atoms with van der Waals surface area (Å²) in [5.41, 5.74) is 1.07. The topological polar surface area (TPSA) is 58.6 Å². The third kappa shape index (κ3) is 5.60. The van der Waals surface area contributed by atoms with Crippen LogP contribution in [0, 0.1) is 5.82 Å². The lowest BCUT2D eigenvalue weighted by Gasteiger charge is -2.21. The van der Waals surface area contributed by atoms with Crippen LogP contribution in [0.25, 0.3) is 0 Å². The van der Waals surface area contributed by atoms with Gasteiger partial charge in [0, 0.05) is 37.7 Å². The second kappa shape index (κ2) is 8.82. The van der Waals surface area contributed by atoms with Gasteiger partial charge in [-0.25, -0.2) is 4.39 Å². The first-order valence-electron chi connectivity index (χ1n) is 7.92. The maximum Gasteiger partial charge on any atom is 0.226 e. The first-order valence-corrected chi connectivity index (χ1v) is 7.92. The minimum atomic E-state index is -0.364. The number of hydrogen-bond acceptors (Lipinski definition) is 3. The normalized spacial score (nSPS) is 10.2. The minimum Gasteiger partial charge on any atom is -0.497 e. The van der Waals surface area contributed by atoms with Crippen molar-refractivity contribution in [3.05, 3.63) is 59.9 Å². The van der Waals surface area contributed by atoms with Crippen molar-refractivity contribution in [3.63, 3.8) is 0 Å². The second-order valence-electron chi connectivity index (χ2n) is 5.56. The summed E-state index contributed by atoms with van der Waals surface area (Å²) >= 11 is 0. The van der Waals surface area contributed by atoms with Gasteiger partial charge < -0.3 is 15.0 Å². The number of halogens is 1. The molecule has 0 unspecified atom stereocenters. The number of nitrogens with one attached hydrogen (secondary N) is 1. The van der Waals surface area contributed by atoms with E-state index in [1.54, 1.807) is 49.6 Å². The summed E-state index contributed by atoms with van der Waals surface area (Å²) in [5.74, 6) is -0.0903. The molecular weight excluding hydrogens is 323 g/mol. The van der Waals surface area contributed by atoms with Gasteiger partial charge in [0.25, 0.3) is 0 Å². The first-order chi connectivity index (χ1) is 12.0. The molecule has 0 atom stereocenters. The summed E-state index contributed by atoms with van der Waals surface area (Å²) < 4.78 is 18.8. The number of nitrogens with zero attached hydrogens (tertiary/aromatic N) is 1. The van der Waals surface area contributed by atoms with Crippen LogP contribution in [-0.2, 0) is 16.1 Å². The zero-order valence-corrected chi connectivity index (χ0v) is 14.3. The maximum atomic E-state index is 13.7. The molecule has 0 spiro atoms. The van der Waals surface area contributed by atoms with Gasteiger partial charge in [-0.1, -0.05) is 18.2 Å². The van der Waals surface area contributed by atoms with Gasteiger partial charge in [-0.3, -0.25) is 9.59 Å². The third-order valence-electron chi connectivity index (χ3n) is 3.75. The van der Waals surface area contributed by atoms with Crippen LogP contribution < -0.4 is 10.1 Å². The van der Waals surface area contributed by atoms with Crippen molar-refractivity contribution in [1.29, 1.82) is 0 Å². The van der Waals surface area contributed by atoms with E-state index in [0.29, 0.717) is 17.0 Å². The van der Waals surface area contributed by atoms with Crippen molar-refractivity contribution in [1.82, 2.24) is 4.90 Å². The molecule has 0 aromatic heterocycles. The van der Waals surface area contributed by atoms with Crippen molar-refractivity contribution < 1.29 is 18.7 Å². The number of ether oxygens (including phenoxy) is 1.